The van der Waals surface area contributed by atoms with E-state index in [4.69, 9.17) is 8.83 Å². The molecule has 6 nitrogen and oxygen atoms in total. The van der Waals surface area contributed by atoms with E-state index in [0.717, 1.165) is 93.2 Å². The number of fused-ring (bicyclic) bond motifs is 14. The standard InChI is InChI=1S/C44H22N4O2/c45-23-25-21-27(47-34-13-5-1-11-32(34)40-36(47)19-17-30-28-9-3-7-15-38(28)49-43(30)40)22-26(24-46)42(25)48-35-14-6-2-12-33(35)41-37(48)20-18-31-29-10-4-8-16-39(29)50-44(31)41/h1-22H. The van der Waals surface area contributed by atoms with Crippen molar-refractivity contribution in [3.05, 3.63) is 145 Å². The number of rotatable bonds is 2. The van der Waals surface area contributed by atoms with Crippen molar-refractivity contribution in [1.29, 1.82) is 10.5 Å². The topological polar surface area (TPSA) is 83.7 Å². The SMILES string of the molecule is N#Cc1cc(-n2c3ccccc3c3c4oc5ccccc5c4ccc32)cc(C#N)c1-n1c2ccccc2c2c3oc4ccccc4c3ccc21. The average Bonchev–Trinajstić information content (AvgIpc) is 3.91. The summed E-state index contributed by atoms with van der Waals surface area (Å²) in [5, 5.41) is 29.8. The van der Waals surface area contributed by atoms with Crippen LogP contribution in [0.3, 0.4) is 0 Å². The summed E-state index contributed by atoms with van der Waals surface area (Å²) < 4.78 is 17.1. The van der Waals surface area contributed by atoms with Gasteiger partial charge in [0.15, 0.2) is 0 Å². The summed E-state index contributed by atoms with van der Waals surface area (Å²) in [5.74, 6) is 0. The number of para-hydroxylation sites is 4. The first-order valence-corrected chi connectivity index (χ1v) is 16.4. The zero-order chi connectivity index (χ0) is 33.1. The van der Waals surface area contributed by atoms with Crippen LogP contribution in [0.15, 0.2) is 142 Å². The zero-order valence-corrected chi connectivity index (χ0v) is 26.3. The lowest BCUT2D eigenvalue weighted by Crippen LogP contribution is -2.04. The molecule has 0 atom stereocenters. The van der Waals surface area contributed by atoms with Gasteiger partial charge in [-0.3, -0.25) is 0 Å². The van der Waals surface area contributed by atoms with E-state index in [9.17, 15) is 10.5 Å². The molecule has 0 aliphatic rings. The smallest absolute Gasteiger partial charge is 0.145 e. The molecule has 0 radical (unpaired) electrons. The molecule has 4 aromatic heterocycles. The molecule has 0 bridgehead atoms. The average molecular weight is 639 g/mol. The van der Waals surface area contributed by atoms with E-state index in [0.29, 0.717) is 16.8 Å². The summed E-state index contributed by atoms with van der Waals surface area (Å²) in [6.07, 6.45) is 0. The second-order valence-electron chi connectivity index (χ2n) is 12.7. The Morgan fingerprint density at radius 2 is 0.860 bits per heavy atom. The molecule has 0 saturated heterocycles. The molecule has 11 aromatic rings. The Bertz CT molecular complexity index is 3320. The van der Waals surface area contributed by atoms with Gasteiger partial charge in [0.05, 0.1) is 49.7 Å². The molecule has 0 unspecified atom stereocenters. The van der Waals surface area contributed by atoms with Gasteiger partial charge in [-0.25, -0.2) is 0 Å². The van der Waals surface area contributed by atoms with E-state index in [2.05, 4.69) is 71.3 Å². The van der Waals surface area contributed by atoms with E-state index in [1.165, 1.54) is 0 Å². The van der Waals surface area contributed by atoms with E-state index >= 15 is 0 Å². The summed E-state index contributed by atoms with van der Waals surface area (Å²) in [7, 11) is 0. The second kappa shape index (κ2) is 9.64. The number of nitriles is 2. The predicted molar refractivity (Wildman–Crippen MR) is 199 cm³/mol. The number of hydrogen-bond acceptors (Lipinski definition) is 4. The monoisotopic (exact) mass is 638 g/mol. The summed E-state index contributed by atoms with van der Waals surface area (Å²) in [5.41, 5.74) is 8.95. The van der Waals surface area contributed by atoms with Gasteiger partial charge in [-0.2, -0.15) is 10.5 Å². The lowest BCUT2D eigenvalue weighted by molar-refractivity contribution is 0.672. The van der Waals surface area contributed by atoms with Crippen molar-refractivity contribution in [3.63, 3.8) is 0 Å². The molecular weight excluding hydrogens is 617 g/mol. The fourth-order valence-corrected chi connectivity index (χ4v) is 8.15. The Balaban J connectivity index is 1.23. The molecule has 0 aliphatic heterocycles. The summed E-state index contributed by atoms with van der Waals surface area (Å²) in [6.45, 7) is 0. The van der Waals surface area contributed by atoms with Gasteiger partial charge in [0.2, 0.25) is 0 Å². The molecule has 0 fully saturated rings. The molecule has 6 heteroatoms. The third-order valence-corrected chi connectivity index (χ3v) is 10.2. The maximum Gasteiger partial charge on any atom is 0.145 e. The fraction of sp³-hybridized carbons (Fsp3) is 0. The molecule has 7 aromatic carbocycles. The lowest BCUT2D eigenvalue weighted by atomic mass is 10.1. The van der Waals surface area contributed by atoms with Gasteiger partial charge in [0.25, 0.3) is 0 Å². The van der Waals surface area contributed by atoms with Crippen LogP contribution in [0.25, 0.3) is 98.9 Å². The molecule has 0 saturated carbocycles. The highest BCUT2D eigenvalue weighted by Gasteiger charge is 2.24. The maximum atomic E-state index is 10.8. The largest absolute Gasteiger partial charge is 0.455 e. The lowest BCUT2D eigenvalue weighted by Gasteiger charge is -2.15. The van der Waals surface area contributed by atoms with Crippen LogP contribution in [0.1, 0.15) is 11.1 Å². The maximum absolute atomic E-state index is 10.8. The molecule has 50 heavy (non-hydrogen) atoms. The highest BCUT2D eigenvalue weighted by atomic mass is 16.3. The van der Waals surface area contributed by atoms with Gasteiger partial charge in [-0.05, 0) is 60.7 Å². The van der Waals surface area contributed by atoms with E-state index in [-0.39, 0.29) is 0 Å². The van der Waals surface area contributed by atoms with Crippen molar-refractivity contribution in [2.24, 2.45) is 0 Å². The number of nitrogens with zero attached hydrogens (tertiary/aromatic N) is 4. The van der Waals surface area contributed by atoms with E-state index in [1.54, 1.807) is 0 Å². The van der Waals surface area contributed by atoms with E-state index < -0.39 is 0 Å². The molecular formula is C44H22N4O2. The van der Waals surface area contributed by atoms with Crippen LogP contribution in [-0.4, -0.2) is 9.13 Å². The van der Waals surface area contributed by atoms with Crippen LogP contribution in [0.5, 0.6) is 0 Å². The van der Waals surface area contributed by atoms with Crippen LogP contribution in [0.2, 0.25) is 0 Å². The van der Waals surface area contributed by atoms with Crippen molar-refractivity contribution in [2.45, 2.75) is 0 Å². The minimum atomic E-state index is 0.391. The predicted octanol–water partition coefficient (Wildman–Crippen LogP) is 11.4. The van der Waals surface area contributed by atoms with Crippen molar-refractivity contribution >= 4 is 87.5 Å². The summed E-state index contributed by atoms with van der Waals surface area (Å²) >= 11 is 0. The van der Waals surface area contributed by atoms with Crippen LogP contribution in [0.4, 0.5) is 0 Å². The Morgan fingerprint density at radius 3 is 1.38 bits per heavy atom. The van der Waals surface area contributed by atoms with Gasteiger partial charge in [-0.15, -0.1) is 0 Å². The quantitative estimate of drug-likeness (QED) is 0.189. The summed E-state index contributed by atoms with van der Waals surface area (Å²) in [6, 6.07) is 49.5. The Hall–Kier alpha value is -7.28. The minimum Gasteiger partial charge on any atom is -0.455 e. The van der Waals surface area contributed by atoms with Crippen molar-refractivity contribution < 1.29 is 8.83 Å². The third-order valence-electron chi connectivity index (χ3n) is 10.2. The Kier molecular flexibility index (Phi) is 5.16. The highest BCUT2D eigenvalue weighted by molar-refractivity contribution is 6.25. The first-order valence-electron chi connectivity index (χ1n) is 16.4. The summed E-state index contributed by atoms with van der Waals surface area (Å²) in [4.78, 5) is 0. The number of hydrogen-bond donors (Lipinski definition) is 0. The molecule has 0 spiro atoms. The third kappa shape index (κ3) is 3.34. The van der Waals surface area contributed by atoms with Gasteiger partial charge in [-0.1, -0.05) is 72.8 Å². The van der Waals surface area contributed by atoms with Crippen molar-refractivity contribution in [1.82, 2.24) is 9.13 Å². The van der Waals surface area contributed by atoms with Gasteiger partial charge >= 0.3 is 0 Å². The van der Waals surface area contributed by atoms with Crippen molar-refractivity contribution in [3.8, 4) is 23.5 Å². The Morgan fingerprint density at radius 1 is 0.420 bits per heavy atom. The Labute approximate surface area is 283 Å². The molecule has 4 heterocycles. The molecule has 0 aliphatic carbocycles. The van der Waals surface area contributed by atoms with Crippen LogP contribution >= 0.6 is 0 Å². The number of furan rings is 2. The van der Waals surface area contributed by atoms with Crippen LogP contribution in [-0.2, 0) is 0 Å². The first-order chi connectivity index (χ1) is 24.7. The number of benzene rings is 7. The molecule has 11 rings (SSSR count). The molecule has 0 amide bonds. The van der Waals surface area contributed by atoms with Crippen molar-refractivity contribution in [2.75, 3.05) is 0 Å². The van der Waals surface area contributed by atoms with Crippen LogP contribution in [0, 0.1) is 22.7 Å². The molecule has 230 valence electrons. The normalized spacial score (nSPS) is 12.0. The highest BCUT2D eigenvalue weighted by Crippen LogP contribution is 2.44. The second-order valence-corrected chi connectivity index (χ2v) is 12.7. The number of aromatic nitrogens is 2. The zero-order valence-electron chi connectivity index (χ0n) is 26.3. The fourth-order valence-electron chi connectivity index (χ4n) is 8.15. The minimum absolute atomic E-state index is 0.391. The van der Waals surface area contributed by atoms with E-state index in [1.807, 2.05) is 83.4 Å². The van der Waals surface area contributed by atoms with Gasteiger partial charge < -0.3 is 18.0 Å². The van der Waals surface area contributed by atoms with Gasteiger partial charge in [0, 0.05) is 38.0 Å². The molecule has 0 N–H and O–H groups in total. The van der Waals surface area contributed by atoms with Crippen LogP contribution < -0.4 is 0 Å². The first kappa shape index (κ1) is 26.8. The van der Waals surface area contributed by atoms with Gasteiger partial charge in [0.1, 0.15) is 34.5 Å².